The molecule has 0 bridgehead atoms. The van der Waals surface area contributed by atoms with Crippen LogP contribution in [-0.2, 0) is 4.79 Å². The first kappa shape index (κ1) is 10.3. The minimum atomic E-state index is 0.775. The standard InChI is InChI=1S/C14H11NO/c16-11-1-2-12-3-5-13(6-4-12)14-7-9-15-10-8-14/h1-11H. The molecule has 0 N–H and O–H groups in total. The molecule has 2 nitrogen and oxygen atoms in total. The molecule has 1 heterocycles. The quantitative estimate of drug-likeness (QED) is 0.574. The van der Waals surface area contributed by atoms with Crippen molar-refractivity contribution < 1.29 is 4.79 Å². The van der Waals surface area contributed by atoms with E-state index in [0.717, 1.165) is 23.0 Å². The van der Waals surface area contributed by atoms with Crippen molar-refractivity contribution in [2.45, 2.75) is 0 Å². The van der Waals surface area contributed by atoms with Crippen molar-refractivity contribution in [3.63, 3.8) is 0 Å². The number of hydrogen-bond acceptors (Lipinski definition) is 2. The summed E-state index contributed by atoms with van der Waals surface area (Å²) in [6.07, 6.45) is 7.59. The van der Waals surface area contributed by atoms with Gasteiger partial charge in [-0.25, -0.2) is 0 Å². The van der Waals surface area contributed by atoms with E-state index in [1.807, 2.05) is 36.4 Å². The summed E-state index contributed by atoms with van der Waals surface area (Å²) in [4.78, 5) is 14.2. The predicted molar refractivity (Wildman–Crippen MR) is 64.8 cm³/mol. The molecule has 0 aliphatic heterocycles. The van der Waals surface area contributed by atoms with Gasteiger partial charge in [-0.15, -0.1) is 0 Å². The molecule has 2 rings (SSSR count). The van der Waals surface area contributed by atoms with Crippen LogP contribution < -0.4 is 0 Å². The smallest absolute Gasteiger partial charge is 0.142 e. The third kappa shape index (κ3) is 2.42. The Balaban J connectivity index is 2.26. The fourth-order valence-electron chi connectivity index (χ4n) is 1.48. The fraction of sp³-hybridized carbons (Fsp3) is 0. The van der Waals surface area contributed by atoms with Gasteiger partial charge in [-0.1, -0.05) is 30.3 Å². The summed E-state index contributed by atoms with van der Waals surface area (Å²) in [6.45, 7) is 0. The lowest BCUT2D eigenvalue weighted by atomic mass is 10.1. The number of carbonyl (C=O) groups excluding carboxylic acids is 1. The average molecular weight is 209 g/mol. The van der Waals surface area contributed by atoms with E-state index in [1.54, 1.807) is 18.5 Å². The molecule has 0 spiro atoms. The van der Waals surface area contributed by atoms with Crippen LogP contribution in [0.2, 0.25) is 0 Å². The lowest BCUT2D eigenvalue weighted by Gasteiger charge is -2.01. The zero-order valence-electron chi connectivity index (χ0n) is 8.71. The van der Waals surface area contributed by atoms with E-state index in [2.05, 4.69) is 4.98 Å². The topological polar surface area (TPSA) is 30.0 Å². The number of hydrogen-bond donors (Lipinski definition) is 0. The van der Waals surface area contributed by atoms with Gasteiger partial charge in [0.15, 0.2) is 0 Å². The molecular formula is C14H11NO. The Hall–Kier alpha value is -2.22. The van der Waals surface area contributed by atoms with E-state index >= 15 is 0 Å². The van der Waals surface area contributed by atoms with Crippen molar-refractivity contribution in [2.24, 2.45) is 0 Å². The summed E-state index contributed by atoms with van der Waals surface area (Å²) in [5.41, 5.74) is 3.30. The number of aromatic nitrogens is 1. The molecule has 0 radical (unpaired) electrons. The number of pyridine rings is 1. The van der Waals surface area contributed by atoms with Crippen molar-refractivity contribution in [3.05, 3.63) is 60.4 Å². The largest absolute Gasteiger partial charge is 0.299 e. The van der Waals surface area contributed by atoms with Crippen LogP contribution in [0.1, 0.15) is 5.56 Å². The molecule has 0 saturated carbocycles. The average Bonchev–Trinajstić information content (AvgIpc) is 2.38. The van der Waals surface area contributed by atoms with Gasteiger partial charge >= 0.3 is 0 Å². The highest BCUT2D eigenvalue weighted by atomic mass is 16.1. The van der Waals surface area contributed by atoms with E-state index in [9.17, 15) is 4.79 Å². The van der Waals surface area contributed by atoms with Crippen LogP contribution in [0, 0.1) is 0 Å². The molecule has 0 amide bonds. The second-order valence-electron chi connectivity index (χ2n) is 3.35. The molecule has 0 saturated heterocycles. The van der Waals surface area contributed by atoms with Gasteiger partial charge in [-0.2, -0.15) is 0 Å². The first-order valence-corrected chi connectivity index (χ1v) is 5.02. The maximum Gasteiger partial charge on any atom is 0.142 e. The summed E-state index contributed by atoms with van der Waals surface area (Å²) >= 11 is 0. The zero-order valence-corrected chi connectivity index (χ0v) is 8.71. The number of allylic oxidation sites excluding steroid dienone is 1. The Kier molecular flexibility index (Phi) is 3.24. The zero-order chi connectivity index (χ0) is 11.2. The summed E-state index contributed by atoms with van der Waals surface area (Å²) in [5, 5.41) is 0. The Morgan fingerprint density at radius 3 is 2.12 bits per heavy atom. The maximum atomic E-state index is 10.2. The minimum absolute atomic E-state index is 0.775. The van der Waals surface area contributed by atoms with Crippen LogP contribution in [0.3, 0.4) is 0 Å². The second kappa shape index (κ2) is 5.03. The SMILES string of the molecule is O=CC=Cc1ccc(-c2ccncc2)cc1. The van der Waals surface area contributed by atoms with Crippen LogP contribution >= 0.6 is 0 Å². The minimum Gasteiger partial charge on any atom is -0.299 e. The van der Waals surface area contributed by atoms with Crippen molar-refractivity contribution in [2.75, 3.05) is 0 Å². The Morgan fingerprint density at radius 1 is 0.875 bits per heavy atom. The monoisotopic (exact) mass is 209 g/mol. The number of aldehydes is 1. The first-order valence-electron chi connectivity index (χ1n) is 5.02. The molecule has 0 fully saturated rings. The molecule has 0 aliphatic carbocycles. The van der Waals surface area contributed by atoms with Gasteiger partial charge in [-0.05, 0) is 34.9 Å². The predicted octanol–water partition coefficient (Wildman–Crippen LogP) is 2.96. The first-order chi connectivity index (χ1) is 7.90. The summed E-state index contributed by atoms with van der Waals surface area (Å²) in [5.74, 6) is 0. The van der Waals surface area contributed by atoms with E-state index in [1.165, 1.54) is 6.08 Å². The Labute approximate surface area is 94.3 Å². The highest BCUT2D eigenvalue weighted by molar-refractivity contribution is 5.74. The lowest BCUT2D eigenvalue weighted by molar-refractivity contribution is -0.104. The van der Waals surface area contributed by atoms with E-state index < -0.39 is 0 Å². The van der Waals surface area contributed by atoms with E-state index in [0.29, 0.717) is 0 Å². The molecule has 1 aromatic heterocycles. The highest BCUT2D eigenvalue weighted by Gasteiger charge is 1.95. The van der Waals surface area contributed by atoms with Crippen LogP contribution in [-0.4, -0.2) is 11.3 Å². The highest BCUT2D eigenvalue weighted by Crippen LogP contribution is 2.18. The van der Waals surface area contributed by atoms with Gasteiger partial charge in [0.2, 0.25) is 0 Å². The number of nitrogens with zero attached hydrogens (tertiary/aromatic N) is 1. The molecule has 0 aliphatic rings. The third-order valence-electron chi connectivity index (χ3n) is 2.29. The molecule has 78 valence electrons. The fourth-order valence-corrected chi connectivity index (χ4v) is 1.48. The molecule has 0 atom stereocenters. The molecule has 2 heteroatoms. The summed E-state index contributed by atoms with van der Waals surface area (Å²) < 4.78 is 0. The van der Waals surface area contributed by atoms with Crippen molar-refractivity contribution >= 4 is 12.4 Å². The second-order valence-corrected chi connectivity index (χ2v) is 3.35. The van der Waals surface area contributed by atoms with Crippen molar-refractivity contribution in [1.29, 1.82) is 0 Å². The van der Waals surface area contributed by atoms with Crippen LogP contribution in [0.25, 0.3) is 17.2 Å². The molecule has 1 aromatic carbocycles. The van der Waals surface area contributed by atoms with Gasteiger partial charge in [0.1, 0.15) is 6.29 Å². The molecule has 2 aromatic rings. The summed E-state index contributed by atoms with van der Waals surface area (Å²) in [6, 6.07) is 12.0. The normalized spacial score (nSPS) is 10.5. The van der Waals surface area contributed by atoms with E-state index in [4.69, 9.17) is 0 Å². The molecule has 0 unspecified atom stereocenters. The number of rotatable bonds is 3. The van der Waals surface area contributed by atoms with Gasteiger partial charge in [-0.3, -0.25) is 9.78 Å². The Morgan fingerprint density at radius 2 is 1.50 bits per heavy atom. The van der Waals surface area contributed by atoms with Crippen molar-refractivity contribution in [1.82, 2.24) is 4.98 Å². The van der Waals surface area contributed by atoms with Gasteiger partial charge in [0.25, 0.3) is 0 Å². The van der Waals surface area contributed by atoms with E-state index in [-0.39, 0.29) is 0 Å². The number of benzene rings is 1. The molecule has 16 heavy (non-hydrogen) atoms. The van der Waals surface area contributed by atoms with Gasteiger partial charge in [0.05, 0.1) is 0 Å². The molecular weight excluding hydrogens is 198 g/mol. The lowest BCUT2D eigenvalue weighted by Crippen LogP contribution is -1.79. The van der Waals surface area contributed by atoms with Crippen molar-refractivity contribution in [3.8, 4) is 11.1 Å². The van der Waals surface area contributed by atoms with Crippen LogP contribution in [0.4, 0.5) is 0 Å². The summed E-state index contributed by atoms with van der Waals surface area (Å²) in [7, 11) is 0. The van der Waals surface area contributed by atoms with Crippen LogP contribution in [0.5, 0.6) is 0 Å². The van der Waals surface area contributed by atoms with Gasteiger partial charge in [0, 0.05) is 12.4 Å². The maximum absolute atomic E-state index is 10.2. The Bertz CT molecular complexity index is 486. The van der Waals surface area contributed by atoms with Crippen LogP contribution in [0.15, 0.2) is 54.9 Å². The van der Waals surface area contributed by atoms with Gasteiger partial charge < -0.3 is 0 Å². The third-order valence-corrected chi connectivity index (χ3v) is 2.29. The number of carbonyl (C=O) groups is 1.